The first kappa shape index (κ1) is 31.1. The van der Waals surface area contributed by atoms with Crippen LogP contribution in [0.3, 0.4) is 0 Å². The Morgan fingerprint density at radius 1 is 1.10 bits per heavy atom. The smallest absolute Gasteiger partial charge is 0.471 e. The van der Waals surface area contributed by atoms with E-state index in [1.54, 1.807) is 29.6 Å². The van der Waals surface area contributed by atoms with Gasteiger partial charge in [-0.1, -0.05) is 11.6 Å². The molecule has 1 N–H and O–H groups in total. The van der Waals surface area contributed by atoms with Crippen molar-refractivity contribution in [2.24, 2.45) is 0 Å². The molecule has 0 fully saturated rings. The minimum absolute atomic E-state index is 0.170. The number of nitrogens with zero attached hydrogens (tertiary/aromatic N) is 3. The van der Waals surface area contributed by atoms with Crippen LogP contribution < -0.4 is 14.8 Å². The molecular formula is C25H18Br2ClF3N4O5. The number of carbonyl (C=O) groups excluding carboxylic acids is 2. The van der Waals surface area contributed by atoms with Crippen molar-refractivity contribution in [3.63, 3.8) is 0 Å². The first-order chi connectivity index (χ1) is 18.9. The number of aromatic nitrogens is 2. The van der Waals surface area contributed by atoms with Crippen molar-refractivity contribution >= 4 is 55.3 Å². The van der Waals surface area contributed by atoms with Crippen LogP contribution in [0.25, 0.3) is 0 Å². The molecule has 0 spiro atoms. The lowest BCUT2D eigenvalue weighted by atomic mass is 9.95. The van der Waals surface area contributed by atoms with E-state index in [0.717, 1.165) is 7.11 Å². The van der Waals surface area contributed by atoms with Crippen LogP contribution >= 0.6 is 43.5 Å². The Morgan fingerprint density at radius 3 is 2.30 bits per heavy atom. The first-order valence-corrected chi connectivity index (χ1v) is 13.0. The van der Waals surface area contributed by atoms with Gasteiger partial charge in [0.15, 0.2) is 10.9 Å². The van der Waals surface area contributed by atoms with Gasteiger partial charge in [0, 0.05) is 12.0 Å². The summed E-state index contributed by atoms with van der Waals surface area (Å²) in [6.45, 7) is 0. The minimum atomic E-state index is -5.17. The van der Waals surface area contributed by atoms with Crippen molar-refractivity contribution in [1.29, 1.82) is 5.26 Å². The average molecular weight is 707 g/mol. The molecule has 0 aliphatic carbocycles. The van der Waals surface area contributed by atoms with Gasteiger partial charge in [-0.2, -0.15) is 23.5 Å². The molecule has 1 heterocycles. The highest BCUT2D eigenvalue weighted by Crippen LogP contribution is 2.40. The van der Waals surface area contributed by atoms with Gasteiger partial charge in [0.2, 0.25) is 0 Å². The van der Waals surface area contributed by atoms with Crippen molar-refractivity contribution in [3.8, 4) is 23.3 Å². The summed E-state index contributed by atoms with van der Waals surface area (Å²) in [6, 6.07) is 11.5. The summed E-state index contributed by atoms with van der Waals surface area (Å²) in [7, 11) is 2.45. The number of halogens is 6. The Labute approximate surface area is 247 Å². The zero-order valence-corrected chi connectivity index (χ0v) is 24.5. The van der Waals surface area contributed by atoms with E-state index < -0.39 is 30.0 Å². The Kier molecular flexibility index (Phi) is 10.3. The van der Waals surface area contributed by atoms with Gasteiger partial charge in [-0.15, -0.1) is 5.10 Å². The van der Waals surface area contributed by atoms with E-state index in [2.05, 4.69) is 52.9 Å². The number of hydrogen-bond donors (Lipinski definition) is 1. The van der Waals surface area contributed by atoms with E-state index in [0.29, 0.717) is 37.3 Å². The van der Waals surface area contributed by atoms with Gasteiger partial charge in [-0.25, -0.2) is 4.79 Å². The first-order valence-electron chi connectivity index (χ1n) is 11.1. The molecular weight excluding hydrogens is 689 g/mol. The van der Waals surface area contributed by atoms with Crippen molar-refractivity contribution in [1.82, 2.24) is 15.5 Å². The van der Waals surface area contributed by atoms with Gasteiger partial charge in [0.1, 0.15) is 23.5 Å². The van der Waals surface area contributed by atoms with Crippen molar-refractivity contribution < 1.29 is 37.0 Å². The fourth-order valence-corrected chi connectivity index (χ4v) is 5.08. The van der Waals surface area contributed by atoms with Crippen LogP contribution in [0.1, 0.15) is 22.7 Å². The molecule has 210 valence electrons. The number of benzene rings is 2. The summed E-state index contributed by atoms with van der Waals surface area (Å²) in [6.07, 6.45) is -5.47. The number of hydrogen-bond acceptors (Lipinski definition) is 8. The number of methoxy groups -OCH3 is 2. The van der Waals surface area contributed by atoms with Crippen LogP contribution in [0, 0.1) is 11.3 Å². The molecule has 15 heteroatoms. The molecule has 0 aliphatic heterocycles. The predicted molar refractivity (Wildman–Crippen MR) is 143 cm³/mol. The number of alkyl halides is 3. The lowest BCUT2D eigenvalue weighted by molar-refractivity contribution is -0.175. The Bertz CT molecular complexity index is 1430. The number of esters is 1. The number of amides is 1. The Balaban J connectivity index is 1.90. The molecule has 3 rings (SSSR count). The third-order valence-corrected chi connectivity index (χ3v) is 6.74. The van der Waals surface area contributed by atoms with Gasteiger partial charge in [-0.3, -0.25) is 4.79 Å². The molecule has 0 saturated heterocycles. The topological polar surface area (TPSA) is 123 Å². The highest BCUT2D eigenvalue weighted by molar-refractivity contribution is 9.11. The Hall–Kier alpha value is -3.41. The second kappa shape index (κ2) is 13.3. The summed E-state index contributed by atoms with van der Waals surface area (Å²) in [4.78, 5) is 23.4. The predicted octanol–water partition coefficient (Wildman–Crippen LogP) is 5.87. The maximum atomic E-state index is 12.7. The monoisotopic (exact) mass is 704 g/mol. The number of ether oxygens (including phenoxy) is 3. The summed E-state index contributed by atoms with van der Waals surface area (Å²) < 4.78 is 54.9. The van der Waals surface area contributed by atoms with E-state index >= 15 is 0 Å². The molecule has 0 bridgehead atoms. The molecule has 3 aromatic rings. The van der Waals surface area contributed by atoms with E-state index in [1.807, 2.05) is 0 Å². The number of nitrogens with one attached hydrogen (secondary N) is 1. The van der Waals surface area contributed by atoms with Crippen molar-refractivity contribution in [2.45, 2.75) is 24.6 Å². The normalized spacial score (nSPS) is 12.6. The number of nitriles is 1. The molecule has 1 aromatic heterocycles. The van der Waals surface area contributed by atoms with E-state index in [-0.39, 0.29) is 17.3 Å². The highest BCUT2D eigenvalue weighted by atomic mass is 79.9. The maximum absolute atomic E-state index is 12.7. The van der Waals surface area contributed by atoms with E-state index in [9.17, 15) is 28.0 Å². The summed E-state index contributed by atoms with van der Waals surface area (Å²) in [5.74, 6) is -3.17. The number of carbonyl (C=O) groups is 2. The van der Waals surface area contributed by atoms with Crippen LogP contribution in [-0.4, -0.2) is 48.5 Å². The van der Waals surface area contributed by atoms with E-state index in [1.165, 1.54) is 25.3 Å². The number of rotatable bonds is 9. The molecule has 0 aliphatic rings. The fourth-order valence-electron chi connectivity index (χ4n) is 3.53. The summed E-state index contributed by atoms with van der Waals surface area (Å²) in [5, 5.41) is 19.5. The van der Waals surface area contributed by atoms with Gasteiger partial charge in [-0.05, 0) is 79.9 Å². The second-order valence-corrected chi connectivity index (χ2v) is 10.1. The molecule has 1 unspecified atom stereocenters. The maximum Gasteiger partial charge on any atom is 0.471 e. The van der Waals surface area contributed by atoms with Gasteiger partial charge in [0.05, 0.1) is 34.9 Å². The second-order valence-electron chi connectivity index (χ2n) is 7.99. The SMILES string of the molecule is COC(=O)[C@H](Cc1cc(Br)c(Oc2ccc(OC)c(C(C#N)c3ccc(Cl)nn3)c2)c(Br)c1)NC(=O)C(F)(F)F. The molecule has 2 atom stereocenters. The molecule has 0 saturated carbocycles. The average Bonchev–Trinajstić information content (AvgIpc) is 2.91. The van der Waals surface area contributed by atoms with Crippen molar-refractivity contribution in [3.05, 3.63) is 73.4 Å². The van der Waals surface area contributed by atoms with Gasteiger partial charge >= 0.3 is 18.1 Å². The zero-order valence-electron chi connectivity index (χ0n) is 20.6. The fraction of sp³-hybridized carbons (Fsp3) is 0.240. The van der Waals surface area contributed by atoms with Crippen LogP contribution in [0.4, 0.5) is 13.2 Å². The highest BCUT2D eigenvalue weighted by Gasteiger charge is 2.41. The van der Waals surface area contributed by atoms with Crippen LogP contribution in [0.15, 0.2) is 51.4 Å². The van der Waals surface area contributed by atoms with Crippen LogP contribution in [0.5, 0.6) is 17.2 Å². The van der Waals surface area contributed by atoms with Gasteiger partial charge in [0.25, 0.3) is 0 Å². The van der Waals surface area contributed by atoms with Gasteiger partial charge < -0.3 is 19.5 Å². The molecule has 9 nitrogen and oxygen atoms in total. The summed E-state index contributed by atoms with van der Waals surface area (Å²) in [5.41, 5.74) is 1.17. The minimum Gasteiger partial charge on any atom is -0.496 e. The molecule has 2 aromatic carbocycles. The quantitative estimate of drug-likeness (QED) is 0.274. The van der Waals surface area contributed by atoms with Crippen LogP contribution in [-0.2, 0) is 20.7 Å². The third kappa shape index (κ3) is 7.61. The van der Waals surface area contributed by atoms with E-state index in [4.69, 9.17) is 21.1 Å². The lowest BCUT2D eigenvalue weighted by Gasteiger charge is -2.19. The Morgan fingerprint density at radius 2 is 1.77 bits per heavy atom. The van der Waals surface area contributed by atoms with Crippen molar-refractivity contribution in [2.75, 3.05) is 14.2 Å². The van der Waals surface area contributed by atoms with Crippen LogP contribution in [0.2, 0.25) is 5.15 Å². The molecule has 1 amide bonds. The zero-order chi connectivity index (χ0) is 29.6. The standard InChI is InChI=1S/C25H18Br2ClF3N4O5/c1-38-20-5-3-13(10-14(20)15(11-32)18-4-6-21(28)35-34-18)40-22-16(26)7-12(8-17(22)27)9-19(23(36)39-2)33-24(37)25(29,30)31/h3-8,10,15,19H,9H2,1-2H3,(H,33,37)/t15?,19-/m0/s1. The lowest BCUT2D eigenvalue weighted by Crippen LogP contribution is -2.48. The molecule has 0 radical (unpaired) electrons. The third-order valence-electron chi connectivity index (χ3n) is 5.36. The largest absolute Gasteiger partial charge is 0.496 e. The summed E-state index contributed by atoms with van der Waals surface area (Å²) >= 11 is 12.6. The molecule has 40 heavy (non-hydrogen) atoms.